The van der Waals surface area contributed by atoms with Crippen molar-refractivity contribution < 1.29 is 14.3 Å². The fourth-order valence-corrected chi connectivity index (χ4v) is 2.67. The number of ether oxygens (including phenoxy) is 1. The van der Waals surface area contributed by atoms with Crippen molar-refractivity contribution in [2.24, 2.45) is 5.41 Å². The molecular weight excluding hydrogens is 278 g/mol. The first-order chi connectivity index (χ1) is 10.6. The van der Waals surface area contributed by atoms with Gasteiger partial charge in [-0.05, 0) is 31.7 Å². The molecule has 4 heteroatoms. The molecule has 2 rings (SSSR count). The first-order valence-electron chi connectivity index (χ1n) is 8.08. The van der Waals surface area contributed by atoms with Crippen molar-refractivity contribution in [1.82, 2.24) is 5.32 Å². The fourth-order valence-electron chi connectivity index (χ4n) is 2.67. The van der Waals surface area contributed by atoms with Crippen molar-refractivity contribution in [3.8, 4) is 0 Å². The minimum Gasteiger partial charge on any atom is -0.466 e. The number of carbonyl (C=O) groups excluding carboxylic acids is 2. The maximum Gasteiger partial charge on any atom is 0.312 e. The maximum absolute atomic E-state index is 12.5. The lowest BCUT2D eigenvalue weighted by Crippen LogP contribution is -2.38. The standard InChI is InChI=1S/C18H25NO3/c1-3-15(19-13-14-8-6-5-7-9-14)16(20)12-18(10-11-18)17(21)22-4-2/h5-9,15,19H,3-4,10-13H2,1-2H3/t15-/m0/s1. The summed E-state index contributed by atoms with van der Waals surface area (Å²) in [6.07, 6.45) is 2.57. The van der Waals surface area contributed by atoms with Crippen LogP contribution in [-0.2, 0) is 20.9 Å². The Bertz CT molecular complexity index is 508. The molecule has 1 aromatic carbocycles. The van der Waals surface area contributed by atoms with E-state index in [9.17, 15) is 9.59 Å². The Hall–Kier alpha value is -1.68. The molecule has 0 aliphatic heterocycles. The topological polar surface area (TPSA) is 55.4 Å². The molecule has 22 heavy (non-hydrogen) atoms. The van der Waals surface area contributed by atoms with Crippen LogP contribution in [0.3, 0.4) is 0 Å². The van der Waals surface area contributed by atoms with Crippen LogP contribution in [0.1, 0.15) is 45.1 Å². The first-order valence-corrected chi connectivity index (χ1v) is 8.08. The lowest BCUT2D eigenvalue weighted by molar-refractivity contribution is -0.151. The zero-order valence-corrected chi connectivity index (χ0v) is 13.4. The average Bonchev–Trinajstić information content (AvgIpc) is 3.30. The number of ketones is 1. The molecule has 0 heterocycles. The SMILES string of the molecule is CCOC(=O)C1(CC(=O)[C@H](CC)NCc2ccccc2)CC1. The van der Waals surface area contributed by atoms with Gasteiger partial charge in [-0.3, -0.25) is 9.59 Å². The van der Waals surface area contributed by atoms with Gasteiger partial charge in [-0.2, -0.15) is 0 Å². The third-order valence-electron chi connectivity index (χ3n) is 4.27. The van der Waals surface area contributed by atoms with E-state index >= 15 is 0 Å². The summed E-state index contributed by atoms with van der Waals surface area (Å²) >= 11 is 0. The summed E-state index contributed by atoms with van der Waals surface area (Å²) < 4.78 is 5.10. The molecular formula is C18H25NO3. The van der Waals surface area contributed by atoms with Gasteiger partial charge in [-0.15, -0.1) is 0 Å². The molecule has 0 unspecified atom stereocenters. The van der Waals surface area contributed by atoms with Crippen molar-refractivity contribution in [3.63, 3.8) is 0 Å². The molecule has 1 fully saturated rings. The van der Waals surface area contributed by atoms with E-state index in [1.54, 1.807) is 6.92 Å². The van der Waals surface area contributed by atoms with Gasteiger partial charge in [0.25, 0.3) is 0 Å². The van der Waals surface area contributed by atoms with E-state index in [0.29, 0.717) is 19.6 Å². The van der Waals surface area contributed by atoms with Crippen LogP contribution in [0.15, 0.2) is 30.3 Å². The Morgan fingerprint density at radius 3 is 2.45 bits per heavy atom. The second-order valence-corrected chi connectivity index (χ2v) is 5.97. The van der Waals surface area contributed by atoms with E-state index in [1.165, 1.54) is 0 Å². The Balaban J connectivity index is 1.88. The van der Waals surface area contributed by atoms with Crippen LogP contribution in [0.25, 0.3) is 0 Å². The number of hydrogen-bond acceptors (Lipinski definition) is 4. The summed E-state index contributed by atoms with van der Waals surface area (Å²) in [5.41, 5.74) is 0.620. The average molecular weight is 303 g/mol. The molecule has 120 valence electrons. The van der Waals surface area contributed by atoms with Gasteiger partial charge in [0.2, 0.25) is 0 Å². The highest BCUT2D eigenvalue weighted by Gasteiger charge is 2.52. The third kappa shape index (κ3) is 4.17. The molecule has 1 aliphatic rings. The number of hydrogen-bond donors (Lipinski definition) is 1. The van der Waals surface area contributed by atoms with Crippen LogP contribution in [0.4, 0.5) is 0 Å². The van der Waals surface area contributed by atoms with Gasteiger partial charge in [0, 0.05) is 13.0 Å². The highest BCUT2D eigenvalue weighted by atomic mass is 16.5. The van der Waals surface area contributed by atoms with Crippen molar-refractivity contribution in [2.75, 3.05) is 6.61 Å². The van der Waals surface area contributed by atoms with Gasteiger partial charge < -0.3 is 10.1 Å². The van der Waals surface area contributed by atoms with Crippen LogP contribution in [0, 0.1) is 5.41 Å². The number of Topliss-reactive ketones (excluding diaryl/α,β-unsaturated/α-hetero) is 1. The summed E-state index contributed by atoms with van der Waals surface area (Å²) in [6.45, 7) is 4.83. The van der Waals surface area contributed by atoms with Gasteiger partial charge in [0.15, 0.2) is 5.78 Å². The Morgan fingerprint density at radius 1 is 1.23 bits per heavy atom. The highest BCUT2D eigenvalue weighted by Crippen LogP contribution is 2.50. The van der Waals surface area contributed by atoms with E-state index < -0.39 is 5.41 Å². The largest absolute Gasteiger partial charge is 0.466 e. The fraction of sp³-hybridized carbons (Fsp3) is 0.556. The van der Waals surface area contributed by atoms with Crippen LogP contribution >= 0.6 is 0 Å². The van der Waals surface area contributed by atoms with Crippen molar-refractivity contribution in [1.29, 1.82) is 0 Å². The smallest absolute Gasteiger partial charge is 0.312 e. The van der Waals surface area contributed by atoms with Crippen LogP contribution < -0.4 is 5.32 Å². The molecule has 1 saturated carbocycles. The molecule has 1 N–H and O–H groups in total. The van der Waals surface area contributed by atoms with Gasteiger partial charge in [0.1, 0.15) is 0 Å². The lowest BCUT2D eigenvalue weighted by Gasteiger charge is -2.19. The summed E-state index contributed by atoms with van der Waals surface area (Å²) in [7, 11) is 0. The van der Waals surface area contributed by atoms with E-state index in [1.807, 2.05) is 37.3 Å². The van der Waals surface area contributed by atoms with Gasteiger partial charge in [-0.25, -0.2) is 0 Å². The second kappa shape index (κ2) is 7.54. The number of nitrogens with one attached hydrogen (secondary N) is 1. The minimum absolute atomic E-state index is 0.115. The Kier molecular flexibility index (Phi) is 5.72. The van der Waals surface area contributed by atoms with E-state index in [-0.39, 0.29) is 17.8 Å². The molecule has 0 bridgehead atoms. The quantitative estimate of drug-likeness (QED) is 0.713. The molecule has 0 aromatic heterocycles. The predicted molar refractivity (Wildman–Crippen MR) is 85.3 cm³/mol. The highest BCUT2D eigenvalue weighted by molar-refractivity contribution is 5.91. The van der Waals surface area contributed by atoms with E-state index in [2.05, 4.69) is 5.32 Å². The molecule has 0 radical (unpaired) electrons. The van der Waals surface area contributed by atoms with Gasteiger partial charge in [0.05, 0.1) is 18.1 Å². The van der Waals surface area contributed by atoms with E-state index in [0.717, 1.165) is 24.8 Å². The molecule has 4 nitrogen and oxygen atoms in total. The van der Waals surface area contributed by atoms with Crippen LogP contribution in [0.5, 0.6) is 0 Å². The zero-order chi connectivity index (χ0) is 16.0. The summed E-state index contributed by atoms with van der Waals surface area (Å²) in [5, 5.41) is 3.31. The minimum atomic E-state index is -0.533. The first kappa shape index (κ1) is 16.7. The van der Waals surface area contributed by atoms with E-state index in [4.69, 9.17) is 4.74 Å². The van der Waals surface area contributed by atoms with Crippen molar-refractivity contribution >= 4 is 11.8 Å². The number of carbonyl (C=O) groups is 2. The molecule has 1 atom stereocenters. The summed E-state index contributed by atoms with van der Waals surface area (Å²) in [5.74, 6) is -0.0924. The van der Waals surface area contributed by atoms with Crippen LogP contribution in [-0.4, -0.2) is 24.4 Å². The maximum atomic E-state index is 12.5. The van der Waals surface area contributed by atoms with Gasteiger partial charge in [-0.1, -0.05) is 37.3 Å². The number of esters is 1. The number of benzene rings is 1. The summed E-state index contributed by atoms with van der Waals surface area (Å²) in [4.78, 5) is 24.4. The lowest BCUT2D eigenvalue weighted by atomic mass is 9.94. The Labute approximate surface area is 132 Å². The molecule has 0 saturated heterocycles. The van der Waals surface area contributed by atoms with Crippen molar-refractivity contribution in [3.05, 3.63) is 35.9 Å². The predicted octanol–water partition coefficient (Wildman–Crippen LogP) is 2.86. The molecule has 0 spiro atoms. The second-order valence-electron chi connectivity index (χ2n) is 5.97. The summed E-state index contributed by atoms with van der Waals surface area (Å²) in [6, 6.07) is 9.81. The molecule has 1 aromatic rings. The normalized spacial score (nSPS) is 16.8. The molecule has 1 aliphatic carbocycles. The van der Waals surface area contributed by atoms with Gasteiger partial charge >= 0.3 is 5.97 Å². The van der Waals surface area contributed by atoms with Crippen molar-refractivity contribution in [2.45, 2.75) is 52.1 Å². The zero-order valence-electron chi connectivity index (χ0n) is 13.4. The number of rotatable bonds is 9. The monoisotopic (exact) mass is 303 g/mol. The van der Waals surface area contributed by atoms with Crippen LogP contribution in [0.2, 0.25) is 0 Å². The third-order valence-corrected chi connectivity index (χ3v) is 4.27. The Morgan fingerprint density at radius 2 is 1.91 bits per heavy atom. The molecule has 0 amide bonds.